The SMILES string of the molecule is CNc1cccc(NCC2(O)CCC(C)CC2)n1. The van der Waals surface area contributed by atoms with Gasteiger partial charge in [-0.2, -0.15) is 0 Å². The van der Waals surface area contributed by atoms with E-state index in [-0.39, 0.29) is 0 Å². The summed E-state index contributed by atoms with van der Waals surface area (Å²) in [6, 6.07) is 5.80. The Hall–Kier alpha value is -1.29. The lowest BCUT2D eigenvalue weighted by Gasteiger charge is -2.35. The lowest BCUT2D eigenvalue weighted by Crippen LogP contribution is -2.40. The molecule has 1 aliphatic carbocycles. The van der Waals surface area contributed by atoms with Crippen LogP contribution in [-0.2, 0) is 0 Å². The average molecular weight is 249 g/mol. The maximum absolute atomic E-state index is 10.5. The molecular formula is C14H23N3O. The number of anilines is 2. The van der Waals surface area contributed by atoms with E-state index in [0.29, 0.717) is 6.54 Å². The van der Waals surface area contributed by atoms with Gasteiger partial charge in [0.2, 0.25) is 0 Å². The number of hydrogen-bond donors (Lipinski definition) is 3. The fraction of sp³-hybridized carbons (Fsp3) is 0.643. The fourth-order valence-electron chi connectivity index (χ4n) is 2.40. The number of nitrogens with zero attached hydrogens (tertiary/aromatic N) is 1. The second-order valence-electron chi connectivity index (χ2n) is 5.42. The molecule has 4 heteroatoms. The number of aromatic nitrogens is 1. The number of pyridine rings is 1. The summed E-state index contributed by atoms with van der Waals surface area (Å²) in [6.45, 7) is 2.84. The van der Waals surface area contributed by atoms with Crippen molar-refractivity contribution in [3.63, 3.8) is 0 Å². The second-order valence-corrected chi connectivity index (χ2v) is 5.42. The zero-order chi connectivity index (χ0) is 13.0. The highest BCUT2D eigenvalue weighted by Crippen LogP contribution is 2.31. The Balaban J connectivity index is 1.90. The smallest absolute Gasteiger partial charge is 0.128 e. The van der Waals surface area contributed by atoms with Crippen molar-refractivity contribution in [3.8, 4) is 0 Å². The first-order valence-electron chi connectivity index (χ1n) is 6.72. The van der Waals surface area contributed by atoms with E-state index in [9.17, 15) is 5.11 Å². The molecule has 1 aromatic rings. The van der Waals surface area contributed by atoms with Crippen LogP contribution >= 0.6 is 0 Å². The Morgan fingerprint density at radius 2 is 2.00 bits per heavy atom. The molecule has 1 saturated carbocycles. The molecule has 0 saturated heterocycles. The lowest BCUT2D eigenvalue weighted by molar-refractivity contribution is 0.00495. The van der Waals surface area contributed by atoms with Gasteiger partial charge in [0.25, 0.3) is 0 Å². The third kappa shape index (κ3) is 3.35. The molecule has 0 unspecified atom stereocenters. The van der Waals surface area contributed by atoms with Crippen LogP contribution in [0.15, 0.2) is 18.2 Å². The highest BCUT2D eigenvalue weighted by atomic mass is 16.3. The van der Waals surface area contributed by atoms with E-state index < -0.39 is 5.60 Å². The van der Waals surface area contributed by atoms with Crippen LogP contribution in [0.1, 0.15) is 32.6 Å². The van der Waals surface area contributed by atoms with Crippen molar-refractivity contribution in [2.24, 2.45) is 5.92 Å². The molecular weight excluding hydrogens is 226 g/mol. The molecule has 0 atom stereocenters. The van der Waals surface area contributed by atoms with Crippen LogP contribution in [-0.4, -0.2) is 29.3 Å². The maximum Gasteiger partial charge on any atom is 0.128 e. The van der Waals surface area contributed by atoms with Gasteiger partial charge in [0.1, 0.15) is 11.6 Å². The van der Waals surface area contributed by atoms with Crippen LogP contribution < -0.4 is 10.6 Å². The van der Waals surface area contributed by atoms with Crippen LogP contribution in [0.4, 0.5) is 11.6 Å². The van der Waals surface area contributed by atoms with Gasteiger partial charge in [0.15, 0.2) is 0 Å². The van der Waals surface area contributed by atoms with Crippen molar-refractivity contribution < 1.29 is 5.11 Å². The van der Waals surface area contributed by atoms with Crippen LogP contribution in [0.2, 0.25) is 0 Å². The van der Waals surface area contributed by atoms with E-state index in [1.54, 1.807) is 0 Å². The molecule has 100 valence electrons. The largest absolute Gasteiger partial charge is 0.388 e. The van der Waals surface area contributed by atoms with Gasteiger partial charge in [-0.25, -0.2) is 4.98 Å². The van der Waals surface area contributed by atoms with Crippen molar-refractivity contribution in [3.05, 3.63) is 18.2 Å². The molecule has 2 rings (SSSR count). The minimum absolute atomic E-state index is 0.566. The molecule has 1 aliphatic rings. The summed E-state index contributed by atoms with van der Waals surface area (Å²) in [5.74, 6) is 2.40. The van der Waals surface area contributed by atoms with Crippen molar-refractivity contribution in [1.82, 2.24) is 4.98 Å². The third-order valence-electron chi connectivity index (χ3n) is 3.81. The van der Waals surface area contributed by atoms with Gasteiger partial charge in [0.05, 0.1) is 5.60 Å². The molecule has 0 spiro atoms. The summed E-state index contributed by atoms with van der Waals surface area (Å²) in [6.07, 6.45) is 3.99. The number of hydrogen-bond acceptors (Lipinski definition) is 4. The molecule has 18 heavy (non-hydrogen) atoms. The molecule has 1 fully saturated rings. The molecule has 0 aliphatic heterocycles. The average Bonchev–Trinajstić information content (AvgIpc) is 2.41. The topological polar surface area (TPSA) is 57.2 Å². The number of rotatable bonds is 4. The predicted octanol–water partition coefficient (Wildman–Crippen LogP) is 2.48. The number of aliphatic hydroxyl groups is 1. The fourth-order valence-corrected chi connectivity index (χ4v) is 2.40. The van der Waals surface area contributed by atoms with E-state index in [0.717, 1.165) is 43.2 Å². The van der Waals surface area contributed by atoms with Gasteiger partial charge in [-0.05, 0) is 43.7 Å². The van der Waals surface area contributed by atoms with E-state index in [4.69, 9.17) is 0 Å². The van der Waals surface area contributed by atoms with Gasteiger partial charge < -0.3 is 15.7 Å². The first-order valence-corrected chi connectivity index (χ1v) is 6.72. The van der Waals surface area contributed by atoms with Gasteiger partial charge in [0, 0.05) is 13.6 Å². The summed E-state index contributed by atoms with van der Waals surface area (Å²) < 4.78 is 0. The Kier molecular flexibility index (Phi) is 4.07. The highest BCUT2D eigenvalue weighted by Gasteiger charge is 2.31. The minimum atomic E-state index is -0.566. The molecule has 0 aromatic carbocycles. The first-order chi connectivity index (χ1) is 8.61. The van der Waals surface area contributed by atoms with E-state index in [2.05, 4.69) is 22.5 Å². The normalized spacial score (nSPS) is 27.8. The summed E-state index contributed by atoms with van der Waals surface area (Å²) in [5, 5.41) is 16.7. The summed E-state index contributed by atoms with van der Waals surface area (Å²) in [4.78, 5) is 4.39. The van der Waals surface area contributed by atoms with Gasteiger partial charge in [-0.15, -0.1) is 0 Å². The molecule has 0 bridgehead atoms. The monoisotopic (exact) mass is 249 g/mol. The standard InChI is InChI=1S/C14H23N3O/c1-11-6-8-14(18,9-7-11)10-16-13-5-3-4-12(15-2)17-13/h3-5,11,18H,6-10H2,1-2H3,(H2,15,16,17). The Morgan fingerprint density at radius 1 is 1.33 bits per heavy atom. The van der Waals surface area contributed by atoms with Crippen molar-refractivity contribution in [2.75, 3.05) is 24.2 Å². The van der Waals surface area contributed by atoms with Crippen molar-refractivity contribution in [1.29, 1.82) is 0 Å². The Morgan fingerprint density at radius 3 is 2.67 bits per heavy atom. The van der Waals surface area contributed by atoms with Crippen molar-refractivity contribution >= 4 is 11.6 Å². The van der Waals surface area contributed by atoms with E-state index >= 15 is 0 Å². The number of nitrogens with one attached hydrogen (secondary N) is 2. The minimum Gasteiger partial charge on any atom is -0.388 e. The van der Waals surface area contributed by atoms with Gasteiger partial charge in [-0.1, -0.05) is 13.0 Å². The van der Waals surface area contributed by atoms with Crippen LogP contribution in [0, 0.1) is 5.92 Å². The van der Waals surface area contributed by atoms with Crippen LogP contribution in [0.25, 0.3) is 0 Å². The zero-order valence-electron chi connectivity index (χ0n) is 11.2. The molecule has 3 N–H and O–H groups in total. The quantitative estimate of drug-likeness (QED) is 0.767. The maximum atomic E-state index is 10.5. The molecule has 1 heterocycles. The second kappa shape index (κ2) is 5.57. The van der Waals surface area contributed by atoms with E-state index in [1.165, 1.54) is 0 Å². The molecule has 0 radical (unpaired) electrons. The predicted molar refractivity (Wildman–Crippen MR) is 74.9 cm³/mol. The lowest BCUT2D eigenvalue weighted by atomic mass is 9.79. The third-order valence-corrected chi connectivity index (χ3v) is 3.81. The Bertz CT molecular complexity index is 386. The Labute approximate surface area is 109 Å². The zero-order valence-corrected chi connectivity index (χ0v) is 11.2. The molecule has 4 nitrogen and oxygen atoms in total. The van der Waals surface area contributed by atoms with Crippen LogP contribution in [0.3, 0.4) is 0 Å². The molecule has 0 amide bonds. The van der Waals surface area contributed by atoms with E-state index in [1.807, 2.05) is 25.2 Å². The summed E-state index contributed by atoms with van der Waals surface area (Å²) in [7, 11) is 1.85. The van der Waals surface area contributed by atoms with Crippen molar-refractivity contribution in [2.45, 2.75) is 38.2 Å². The summed E-state index contributed by atoms with van der Waals surface area (Å²) in [5.41, 5.74) is -0.566. The molecule has 1 aromatic heterocycles. The highest BCUT2D eigenvalue weighted by molar-refractivity contribution is 5.44. The first kappa shape index (κ1) is 13.1. The van der Waals surface area contributed by atoms with Crippen LogP contribution in [0.5, 0.6) is 0 Å². The summed E-state index contributed by atoms with van der Waals surface area (Å²) >= 11 is 0. The van der Waals surface area contributed by atoms with Gasteiger partial charge >= 0.3 is 0 Å². The van der Waals surface area contributed by atoms with Gasteiger partial charge in [-0.3, -0.25) is 0 Å².